The number of rotatable bonds is 2. The molecule has 1 saturated carbocycles. The van der Waals surface area contributed by atoms with Gasteiger partial charge in [-0.3, -0.25) is 0 Å². The molecule has 1 aliphatic carbocycles. The summed E-state index contributed by atoms with van der Waals surface area (Å²) in [7, 11) is 0. The van der Waals surface area contributed by atoms with Crippen molar-refractivity contribution >= 4 is 11.7 Å². The van der Waals surface area contributed by atoms with Gasteiger partial charge in [-0.15, -0.1) is 0 Å². The van der Waals surface area contributed by atoms with Crippen LogP contribution in [-0.2, 0) is 0 Å². The van der Waals surface area contributed by atoms with E-state index in [-0.39, 0.29) is 12.1 Å². The third kappa shape index (κ3) is 3.47. The Labute approximate surface area is 113 Å². The Bertz CT molecular complexity index is 492. The maximum atomic E-state index is 12.0. The van der Waals surface area contributed by atoms with Crippen LogP contribution in [0.5, 0.6) is 0 Å². The number of anilines is 1. The highest BCUT2D eigenvalue weighted by atomic mass is 16.2. The molecule has 2 amide bonds. The molecule has 1 fully saturated rings. The van der Waals surface area contributed by atoms with E-state index >= 15 is 0 Å². The summed E-state index contributed by atoms with van der Waals surface area (Å²) < 4.78 is 0. The first-order valence-electron chi connectivity index (χ1n) is 6.77. The van der Waals surface area contributed by atoms with Crippen LogP contribution < -0.4 is 10.6 Å². The molecule has 19 heavy (non-hydrogen) atoms. The molecule has 2 atom stereocenters. The zero-order valence-electron chi connectivity index (χ0n) is 11.1. The number of urea groups is 1. The number of para-hydroxylation sites is 1. The quantitative estimate of drug-likeness (QED) is 0.854. The van der Waals surface area contributed by atoms with Crippen molar-refractivity contribution in [3.63, 3.8) is 0 Å². The Balaban J connectivity index is 1.96. The Morgan fingerprint density at radius 1 is 1.32 bits per heavy atom. The number of nitrogens with zero attached hydrogens (tertiary/aromatic N) is 1. The van der Waals surface area contributed by atoms with Crippen molar-refractivity contribution in [2.24, 2.45) is 5.92 Å². The number of hydrogen-bond donors (Lipinski definition) is 2. The fourth-order valence-electron chi connectivity index (χ4n) is 2.55. The number of amides is 2. The Hall–Kier alpha value is -2.02. The minimum Gasteiger partial charge on any atom is -0.335 e. The van der Waals surface area contributed by atoms with Crippen LogP contribution in [0.25, 0.3) is 0 Å². The average molecular weight is 257 g/mol. The van der Waals surface area contributed by atoms with Gasteiger partial charge in [-0.1, -0.05) is 31.9 Å². The molecule has 0 radical (unpaired) electrons. The van der Waals surface area contributed by atoms with Gasteiger partial charge < -0.3 is 10.6 Å². The normalized spacial score (nSPS) is 22.3. The molecule has 4 heteroatoms. The zero-order chi connectivity index (χ0) is 13.7. The van der Waals surface area contributed by atoms with E-state index in [2.05, 4.69) is 23.6 Å². The molecular formula is C15H19N3O. The minimum atomic E-state index is -0.221. The SMILES string of the molecule is CC1CCCCC1NC(=O)Nc1ccccc1C#N. The fourth-order valence-corrected chi connectivity index (χ4v) is 2.55. The standard InChI is InChI=1S/C15H19N3O/c1-11-6-2-4-8-13(11)17-15(19)18-14-9-5-3-7-12(14)10-16/h3,5,7,9,11,13H,2,4,6,8H2,1H3,(H2,17,18,19). The number of carbonyl (C=O) groups is 1. The molecule has 0 aromatic heterocycles. The zero-order valence-corrected chi connectivity index (χ0v) is 11.1. The van der Waals surface area contributed by atoms with Crippen molar-refractivity contribution in [2.75, 3.05) is 5.32 Å². The largest absolute Gasteiger partial charge is 0.335 e. The monoisotopic (exact) mass is 257 g/mol. The highest BCUT2D eigenvalue weighted by molar-refractivity contribution is 5.90. The van der Waals surface area contributed by atoms with Gasteiger partial charge in [-0.05, 0) is 30.9 Å². The summed E-state index contributed by atoms with van der Waals surface area (Å²) >= 11 is 0. The average Bonchev–Trinajstić information content (AvgIpc) is 2.42. The summed E-state index contributed by atoms with van der Waals surface area (Å²) in [5, 5.41) is 14.7. The Kier molecular flexibility index (Phi) is 4.40. The van der Waals surface area contributed by atoms with Crippen LogP contribution in [0.2, 0.25) is 0 Å². The summed E-state index contributed by atoms with van der Waals surface area (Å²) in [6, 6.07) is 9.11. The third-order valence-electron chi connectivity index (χ3n) is 3.72. The lowest BCUT2D eigenvalue weighted by atomic mass is 9.86. The van der Waals surface area contributed by atoms with Gasteiger partial charge in [0.2, 0.25) is 0 Å². The summed E-state index contributed by atoms with van der Waals surface area (Å²) in [6.07, 6.45) is 4.62. The van der Waals surface area contributed by atoms with E-state index in [9.17, 15) is 4.79 Å². The van der Waals surface area contributed by atoms with Gasteiger partial charge in [0, 0.05) is 6.04 Å². The highest BCUT2D eigenvalue weighted by Gasteiger charge is 2.22. The van der Waals surface area contributed by atoms with Crippen molar-refractivity contribution in [3.8, 4) is 6.07 Å². The molecule has 0 heterocycles. The molecule has 100 valence electrons. The van der Waals surface area contributed by atoms with Crippen molar-refractivity contribution in [1.82, 2.24) is 5.32 Å². The smallest absolute Gasteiger partial charge is 0.319 e. The molecule has 2 unspecified atom stereocenters. The molecule has 4 nitrogen and oxygen atoms in total. The van der Waals surface area contributed by atoms with Gasteiger partial charge in [0.05, 0.1) is 11.3 Å². The lowest BCUT2D eigenvalue weighted by molar-refractivity contribution is 0.232. The molecule has 1 aromatic rings. The van der Waals surface area contributed by atoms with Gasteiger partial charge >= 0.3 is 6.03 Å². The Morgan fingerprint density at radius 3 is 2.79 bits per heavy atom. The maximum Gasteiger partial charge on any atom is 0.319 e. The van der Waals surface area contributed by atoms with Gasteiger partial charge in [0.25, 0.3) is 0 Å². The first kappa shape index (κ1) is 13.4. The predicted molar refractivity (Wildman–Crippen MR) is 74.7 cm³/mol. The van der Waals surface area contributed by atoms with E-state index in [0.29, 0.717) is 17.2 Å². The first-order chi connectivity index (χ1) is 9.20. The number of carbonyl (C=O) groups excluding carboxylic acids is 1. The molecule has 1 aliphatic rings. The Morgan fingerprint density at radius 2 is 2.05 bits per heavy atom. The van der Waals surface area contributed by atoms with E-state index in [1.807, 2.05) is 0 Å². The minimum absolute atomic E-state index is 0.221. The van der Waals surface area contributed by atoms with Crippen LogP contribution in [0.3, 0.4) is 0 Å². The molecule has 1 aromatic carbocycles. The highest BCUT2D eigenvalue weighted by Crippen LogP contribution is 2.23. The second-order valence-corrected chi connectivity index (χ2v) is 5.12. The summed E-state index contributed by atoms with van der Waals surface area (Å²) in [6.45, 7) is 2.17. The van der Waals surface area contributed by atoms with E-state index in [0.717, 1.165) is 6.42 Å². The topological polar surface area (TPSA) is 64.9 Å². The molecule has 2 rings (SSSR count). The van der Waals surface area contributed by atoms with Gasteiger partial charge in [-0.25, -0.2) is 4.79 Å². The van der Waals surface area contributed by atoms with Crippen molar-refractivity contribution in [3.05, 3.63) is 29.8 Å². The van der Waals surface area contributed by atoms with Crippen LogP contribution in [0, 0.1) is 17.2 Å². The lowest BCUT2D eigenvalue weighted by Gasteiger charge is -2.29. The number of hydrogen-bond acceptors (Lipinski definition) is 2. The number of nitriles is 1. The van der Waals surface area contributed by atoms with E-state index in [1.54, 1.807) is 24.3 Å². The summed E-state index contributed by atoms with van der Waals surface area (Å²) in [5.41, 5.74) is 1.04. The van der Waals surface area contributed by atoms with Crippen LogP contribution in [0.4, 0.5) is 10.5 Å². The van der Waals surface area contributed by atoms with Gasteiger partial charge in [0.15, 0.2) is 0 Å². The van der Waals surface area contributed by atoms with Crippen LogP contribution in [0.15, 0.2) is 24.3 Å². The molecule has 0 aliphatic heterocycles. The third-order valence-corrected chi connectivity index (χ3v) is 3.72. The molecular weight excluding hydrogens is 238 g/mol. The van der Waals surface area contributed by atoms with Crippen LogP contribution in [-0.4, -0.2) is 12.1 Å². The second-order valence-electron chi connectivity index (χ2n) is 5.12. The lowest BCUT2D eigenvalue weighted by Crippen LogP contribution is -2.43. The molecule has 0 saturated heterocycles. The van der Waals surface area contributed by atoms with Crippen LogP contribution in [0.1, 0.15) is 38.2 Å². The van der Waals surface area contributed by atoms with Crippen LogP contribution >= 0.6 is 0 Å². The summed E-state index contributed by atoms with van der Waals surface area (Å²) in [5.74, 6) is 0.519. The summed E-state index contributed by atoms with van der Waals surface area (Å²) in [4.78, 5) is 12.0. The predicted octanol–water partition coefficient (Wildman–Crippen LogP) is 3.26. The van der Waals surface area contributed by atoms with E-state index < -0.39 is 0 Å². The molecule has 0 bridgehead atoms. The van der Waals surface area contributed by atoms with Gasteiger partial charge in [-0.2, -0.15) is 5.26 Å². The van der Waals surface area contributed by atoms with E-state index in [1.165, 1.54) is 19.3 Å². The van der Waals surface area contributed by atoms with Crippen molar-refractivity contribution in [2.45, 2.75) is 38.6 Å². The number of benzene rings is 1. The van der Waals surface area contributed by atoms with E-state index in [4.69, 9.17) is 5.26 Å². The number of nitrogens with one attached hydrogen (secondary N) is 2. The second kappa shape index (κ2) is 6.24. The first-order valence-corrected chi connectivity index (χ1v) is 6.77. The maximum absolute atomic E-state index is 12.0. The van der Waals surface area contributed by atoms with Gasteiger partial charge in [0.1, 0.15) is 6.07 Å². The molecule has 0 spiro atoms. The fraction of sp³-hybridized carbons (Fsp3) is 0.467. The molecule has 2 N–H and O–H groups in total. The van der Waals surface area contributed by atoms with Crippen molar-refractivity contribution in [1.29, 1.82) is 5.26 Å². The van der Waals surface area contributed by atoms with Crippen molar-refractivity contribution < 1.29 is 4.79 Å².